The van der Waals surface area contributed by atoms with Gasteiger partial charge in [0.05, 0.1) is 15.5 Å². The maximum atomic E-state index is 13.6. The third-order valence-corrected chi connectivity index (χ3v) is 4.51. The molecule has 2 rings (SSSR count). The molecule has 0 radical (unpaired) electrons. The van der Waals surface area contributed by atoms with Gasteiger partial charge in [-0.15, -0.1) is 11.3 Å². The number of nitrogens with one attached hydrogen (secondary N) is 1. The maximum Gasteiger partial charge on any atom is 0.266 e. The van der Waals surface area contributed by atoms with E-state index in [9.17, 15) is 17.6 Å². The van der Waals surface area contributed by atoms with E-state index in [2.05, 4.69) is 5.32 Å². The summed E-state index contributed by atoms with van der Waals surface area (Å²) in [4.78, 5) is 12.1. The highest BCUT2D eigenvalue weighted by molar-refractivity contribution is 7.89. The van der Waals surface area contributed by atoms with Gasteiger partial charge in [-0.2, -0.15) is 0 Å². The molecule has 20 heavy (non-hydrogen) atoms. The highest BCUT2D eigenvalue weighted by Gasteiger charge is 2.16. The Morgan fingerprint density at radius 2 is 2.05 bits per heavy atom. The number of halogens is 1. The topological polar surface area (TPSA) is 89.3 Å². The average molecular weight is 314 g/mol. The Morgan fingerprint density at radius 1 is 1.35 bits per heavy atom. The molecule has 106 valence electrons. The van der Waals surface area contributed by atoms with Crippen LogP contribution in [0.4, 0.5) is 10.1 Å². The fourth-order valence-electron chi connectivity index (χ4n) is 1.56. The van der Waals surface area contributed by atoms with Crippen molar-refractivity contribution >= 4 is 33.0 Å². The Hall–Kier alpha value is -1.77. The summed E-state index contributed by atoms with van der Waals surface area (Å²) < 4.78 is 36.0. The minimum Gasteiger partial charge on any atom is -0.319 e. The van der Waals surface area contributed by atoms with Crippen LogP contribution in [0.3, 0.4) is 0 Å². The summed E-state index contributed by atoms with van der Waals surface area (Å²) in [6, 6.07) is 4.73. The van der Waals surface area contributed by atoms with E-state index in [1.54, 1.807) is 18.4 Å². The molecule has 0 bridgehead atoms. The molecule has 5 nitrogen and oxygen atoms in total. The number of hydrogen-bond donors (Lipinski definition) is 2. The molecule has 0 saturated carbocycles. The molecule has 3 N–H and O–H groups in total. The molecule has 1 amide bonds. The van der Waals surface area contributed by atoms with Crippen LogP contribution in [0, 0.1) is 12.7 Å². The molecule has 0 atom stereocenters. The van der Waals surface area contributed by atoms with Crippen molar-refractivity contribution in [2.45, 2.75) is 11.8 Å². The van der Waals surface area contributed by atoms with E-state index in [4.69, 9.17) is 5.14 Å². The third-order valence-electron chi connectivity index (χ3n) is 2.58. The number of rotatable bonds is 3. The fourth-order valence-corrected chi connectivity index (χ4v) is 2.92. The molecule has 1 aromatic carbocycles. The first-order valence-electron chi connectivity index (χ1n) is 5.47. The number of sulfonamides is 1. The van der Waals surface area contributed by atoms with E-state index in [-0.39, 0.29) is 10.6 Å². The predicted octanol–water partition coefficient (Wildman–Crippen LogP) is 2.10. The van der Waals surface area contributed by atoms with Crippen molar-refractivity contribution in [3.05, 3.63) is 45.9 Å². The Balaban J connectivity index is 2.34. The van der Waals surface area contributed by atoms with Gasteiger partial charge < -0.3 is 5.32 Å². The minimum absolute atomic E-state index is 0.227. The predicted molar refractivity (Wildman–Crippen MR) is 74.8 cm³/mol. The third kappa shape index (κ3) is 3.03. The standard InChI is InChI=1S/C12H11FN2O3S2/c1-7-4-5-19-11(7)12(16)15-10-6-8(20(14,17)18)2-3-9(10)13/h2-6H,1H3,(H,15,16)(H2,14,17,18). The summed E-state index contributed by atoms with van der Waals surface area (Å²) in [6.07, 6.45) is 0. The van der Waals surface area contributed by atoms with Crippen molar-refractivity contribution in [1.29, 1.82) is 0 Å². The van der Waals surface area contributed by atoms with Crippen LogP contribution in [0.1, 0.15) is 15.2 Å². The molecule has 0 aliphatic heterocycles. The SMILES string of the molecule is Cc1ccsc1C(=O)Nc1cc(S(N)(=O)=O)ccc1F. The van der Waals surface area contributed by atoms with Gasteiger partial charge in [0, 0.05) is 0 Å². The van der Waals surface area contributed by atoms with Crippen molar-refractivity contribution in [3.8, 4) is 0 Å². The molecule has 0 aliphatic carbocycles. The Morgan fingerprint density at radius 3 is 2.60 bits per heavy atom. The number of amides is 1. The van der Waals surface area contributed by atoms with E-state index in [0.717, 1.165) is 23.8 Å². The molecule has 1 aromatic heterocycles. The molecule has 1 heterocycles. The van der Waals surface area contributed by atoms with E-state index in [0.29, 0.717) is 4.88 Å². The van der Waals surface area contributed by atoms with Crippen molar-refractivity contribution in [3.63, 3.8) is 0 Å². The van der Waals surface area contributed by atoms with Crippen LogP contribution < -0.4 is 10.5 Å². The lowest BCUT2D eigenvalue weighted by atomic mass is 10.2. The van der Waals surface area contributed by atoms with Crippen LogP contribution in [0.2, 0.25) is 0 Å². The Bertz CT molecular complexity index is 769. The van der Waals surface area contributed by atoms with Gasteiger partial charge in [0.25, 0.3) is 5.91 Å². The van der Waals surface area contributed by atoms with Gasteiger partial charge in [-0.3, -0.25) is 4.79 Å². The van der Waals surface area contributed by atoms with Crippen LogP contribution in [-0.2, 0) is 10.0 Å². The first-order chi connectivity index (χ1) is 9.29. The fraction of sp³-hybridized carbons (Fsp3) is 0.0833. The number of thiophene rings is 1. The van der Waals surface area contributed by atoms with Crippen molar-refractivity contribution in [2.24, 2.45) is 5.14 Å². The van der Waals surface area contributed by atoms with E-state index in [1.807, 2.05) is 0 Å². The van der Waals surface area contributed by atoms with Gasteiger partial charge in [-0.25, -0.2) is 17.9 Å². The molecule has 8 heteroatoms. The van der Waals surface area contributed by atoms with Crippen molar-refractivity contribution in [2.75, 3.05) is 5.32 Å². The summed E-state index contributed by atoms with van der Waals surface area (Å²) in [6.45, 7) is 1.75. The van der Waals surface area contributed by atoms with Crippen LogP contribution in [0.5, 0.6) is 0 Å². The van der Waals surface area contributed by atoms with Crippen LogP contribution >= 0.6 is 11.3 Å². The lowest BCUT2D eigenvalue weighted by Crippen LogP contribution is -2.15. The number of carbonyl (C=O) groups is 1. The van der Waals surface area contributed by atoms with E-state index >= 15 is 0 Å². The average Bonchev–Trinajstić information content (AvgIpc) is 2.77. The zero-order chi connectivity index (χ0) is 14.9. The zero-order valence-electron chi connectivity index (χ0n) is 10.4. The molecule has 0 unspecified atom stereocenters. The van der Waals surface area contributed by atoms with Crippen molar-refractivity contribution in [1.82, 2.24) is 0 Å². The normalized spacial score (nSPS) is 11.3. The summed E-state index contributed by atoms with van der Waals surface area (Å²) in [5.41, 5.74) is 0.532. The first kappa shape index (κ1) is 14.6. The van der Waals surface area contributed by atoms with Crippen LogP contribution in [0.15, 0.2) is 34.5 Å². The molecular formula is C12H11FN2O3S2. The minimum atomic E-state index is -3.96. The number of nitrogens with two attached hydrogens (primary N) is 1. The smallest absolute Gasteiger partial charge is 0.266 e. The second-order valence-electron chi connectivity index (χ2n) is 4.07. The number of carbonyl (C=O) groups excluding carboxylic acids is 1. The Labute approximate surface area is 119 Å². The molecule has 0 aliphatic rings. The summed E-state index contributed by atoms with van der Waals surface area (Å²) in [5, 5.41) is 9.04. The maximum absolute atomic E-state index is 13.6. The quantitative estimate of drug-likeness (QED) is 0.909. The van der Waals surface area contributed by atoms with Crippen LogP contribution in [-0.4, -0.2) is 14.3 Å². The molecule has 0 fully saturated rings. The summed E-state index contributed by atoms with van der Waals surface area (Å²) in [5.74, 6) is -1.23. The summed E-state index contributed by atoms with van der Waals surface area (Å²) >= 11 is 1.22. The lowest BCUT2D eigenvalue weighted by Gasteiger charge is -2.07. The van der Waals surface area contributed by atoms with Gasteiger partial charge in [0.2, 0.25) is 10.0 Å². The van der Waals surface area contributed by atoms with Gasteiger partial charge >= 0.3 is 0 Å². The zero-order valence-corrected chi connectivity index (χ0v) is 12.0. The van der Waals surface area contributed by atoms with Crippen LogP contribution in [0.25, 0.3) is 0 Å². The monoisotopic (exact) mass is 314 g/mol. The lowest BCUT2D eigenvalue weighted by molar-refractivity contribution is 0.102. The first-order valence-corrected chi connectivity index (χ1v) is 7.89. The van der Waals surface area contributed by atoms with E-state index < -0.39 is 21.7 Å². The molecular weight excluding hydrogens is 303 g/mol. The van der Waals surface area contributed by atoms with Crippen molar-refractivity contribution < 1.29 is 17.6 Å². The van der Waals surface area contributed by atoms with Gasteiger partial charge in [-0.05, 0) is 42.1 Å². The molecule has 2 aromatic rings. The largest absolute Gasteiger partial charge is 0.319 e. The number of aryl methyl sites for hydroxylation is 1. The number of anilines is 1. The second-order valence-corrected chi connectivity index (χ2v) is 6.55. The highest BCUT2D eigenvalue weighted by Crippen LogP contribution is 2.22. The molecule has 0 saturated heterocycles. The van der Waals surface area contributed by atoms with E-state index in [1.165, 1.54) is 11.3 Å². The second kappa shape index (κ2) is 5.31. The molecule has 0 spiro atoms. The highest BCUT2D eigenvalue weighted by atomic mass is 32.2. The Kier molecular flexibility index (Phi) is 3.89. The summed E-state index contributed by atoms with van der Waals surface area (Å²) in [7, 11) is -3.96. The van der Waals surface area contributed by atoms with Gasteiger partial charge in [0.1, 0.15) is 5.82 Å². The van der Waals surface area contributed by atoms with Gasteiger partial charge in [0.15, 0.2) is 0 Å². The number of hydrogen-bond acceptors (Lipinski definition) is 4. The number of primary sulfonamides is 1. The van der Waals surface area contributed by atoms with Gasteiger partial charge in [-0.1, -0.05) is 0 Å². The number of benzene rings is 1.